The second-order valence-corrected chi connectivity index (χ2v) is 6.30. The highest BCUT2D eigenvalue weighted by molar-refractivity contribution is 5.81. The number of likely N-dealkylation sites (tertiary alicyclic amines) is 1. The van der Waals surface area contributed by atoms with E-state index >= 15 is 0 Å². The van der Waals surface area contributed by atoms with Crippen LogP contribution >= 0.6 is 0 Å². The molecule has 3 rings (SSSR count). The first-order chi connectivity index (χ1) is 11.1. The number of hydrogen-bond acceptors (Lipinski definition) is 4. The Balaban J connectivity index is 1.54. The van der Waals surface area contributed by atoms with E-state index in [1.54, 1.807) is 0 Å². The van der Waals surface area contributed by atoms with Gasteiger partial charge in [0, 0.05) is 31.6 Å². The minimum absolute atomic E-state index is 0.142. The summed E-state index contributed by atoms with van der Waals surface area (Å²) in [5, 5.41) is 3.34. The molecule has 5 nitrogen and oxygen atoms in total. The van der Waals surface area contributed by atoms with E-state index in [9.17, 15) is 4.79 Å². The Morgan fingerprint density at radius 1 is 1.26 bits per heavy atom. The summed E-state index contributed by atoms with van der Waals surface area (Å²) in [6.07, 6.45) is 2.49. The van der Waals surface area contributed by atoms with E-state index in [-0.39, 0.29) is 5.91 Å². The number of carbonyl (C=O) groups excluding carboxylic acids is 1. The number of para-hydroxylation sites is 1. The summed E-state index contributed by atoms with van der Waals surface area (Å²) in [6.45, 7) is 7.29. The van der Waals surface area contributed by atoms with Gasteiger partial charge in [-0.15, -0.1) is 0 Å². The van der Waals surface area contributed by atoms with E-state index < -0.39 is 5.79 Å². The van der Waals surface area contributed by atoms with Gasteiger partial charge >= 0.3 is 0 Å². The molecule has 5 heteroatoms. The molecular weight excluding hydrogens is 292 g/mol. The Morgan fingerprint density at radius 3 is 2.61 bits per heavy atom. The summed E-state index contributed by atoms with van der Waals surface area (Å²) in [5.74, 6) is -0.279. The van der Waals surface area contributed by atoms with Crippen molar-refractivity contribution in [2.24, 2.45) is 0 Å². The zero-order valence-electron chi connectivity index (χ0n) is 14.1. The molecular formula is C18H26N2O3. The average molecular weight is 318 g/mol. The van der Waals surface area contributed by atoms with Crippen molar-refractivity contribution in [3.05, 3.63) is 29.3 Å². The fourth-order valence-corrected chi connectivity index (χ4v) is 3.43. The van der Waals surface area contributed by atoms with Gasteiger partial charge in [0.2, 0.25) is 5.91 Å². The Bertz CT molecular complexity index is 557. The molecule has 0 atom stereocenters. The number of rotatable bonds is 4. The highest BCUT2D eigenvalue weighted by atomic mass is 16.7. The molecule has 1 amide bonds. The molecule has 2 heterocycles. The van der Waals surface area contributed by atoms with E-state index in [1.807, 2.05) is 4.90 Å². The molecule has 1 aromatic carbocycles. The van der Waals surface area contributed by atoms with Crippen molar-refractivity contribution in [3.63, 3.8) is 0 Å². The summed E-state index contributed by atoms with van der Waals surface area (Å²) in [5.41, 5.74) is 3.53. The van der Waals surface area contributed by atoms with E-state index in [2.05, 4.69) is 37.4 Å². The standard InChI is InChI=1S/C18H26N2O3/c1-3-15-6-4-5-14(2)17(15)19-13-16(21)20-9-7-18(8-10-20)22-11-12-23-18/h4-6,19H,3,7-13H2,1-2H3. The fourth-order valence-electron chi connectivity index (χ4n) is 3.43. The molecule has 23 heavy (non-hydrogen) atoms. The van der Waals surface area contributed by atoms with Crippen molar-refractivity contribution >= 4 is 11.6 Å². The molecule has 0 aliphatic carbocycles. The number of hydrogen-bond donors (Lipinski definition) is 1. The van der Waals surface area contributed by atoms with Gasteiger partial charge in [-0.25, -0.2) is 0 Å². The summed E-state index contributed by atoms with van der Waals surface area (Å²) in [6, 6.07) is 6.25. The number of nitrogens with zero attached hydrogens (tertiary/aromatic N) is 1. The zero-order chi connectivity index (χ0) is 16.3. The lowest BCUT2D eigenvalue weighted by Gasteiger charge is -2.37. The van der Waals surface area contributed by atoms with Crippen molar-refractivity contribution in [1.82, 2.24) is 4.90 Å². The number of anilines is 1. The molecule has 2 fully saturated rings. The largest absolute Gasteiger partial charge is 0.376 e. The quantitative estimate of drug-likeness (QED) is 0.926. The first kappa shape index (κ1) is 16.3. The van der Waals surface area contributed by atoms with Gasteiger partial charge in [0.1, 0.15) is 0 Å². The molecule has 1 spiro atoms. The van der Waals surface area contributed by atoms with Crippen LogP contribution in [-0.2, 0) is 20.7 Å². The van der Waals surface area contributed by atoms with Crippen molar-refractivity contribution in [1.29, 1.82) is 0 Å². The van der Waals surface area contributed by atoms with E-state index in [0.717, 1.165) is 24.9 Å². The smallest absolute Gasteiger partial charge is 0.241 e. The third-order valence-corrected chi connectivity index (χ3v) is 4.85. The maximum atomic E-state index is 12.5. The van der Waals surface area contributed by atoms with Gasteiger partial charge in [-0.05, 0) is 24.5 Å². The maximum Gasteiger partial charge on any atom is 0.241 e. The number of ether oxygens (including phenoxy) is 2. The molecule has 0 bridgehead atoms. The summed E-state index contributed by atoms with van der Waals surface area (Å²) in [4.78, 5) is 14.4. The van der Waals surface area contributed by atoms with E-state index in [4.69, 9.17) is 9.47 Å². The topological polar surface area (TPSA) is 50.8 Å². The highest BCUT2D eigenvalue weighted by Crippen LogP contribution is 2.31. The molecule has 1 aromatic rings. The first-order valence-electron chi connectivity index (χ1n) is 8.51. The van der Waals surface area contributed by atoms with E-state index in [0.29, 0.717) is 32.8 Å². The van der Waals surface area contributed by atoms with Gasteiger partial charge in [0.15, 0.2) is 5.79 Å². The van der Waals surface area contributed by atoms with Crippen LogP contribution in [0.15, 0.2) is 18.2 Å². The Labute approximate surface area is 137 Å². The number of benzene rings is 1. The normalized spacial score (nSPS) is 20.0. The van der Waals surface area contributed by atoms with Gasteiger partial charge in [0.05, 0.1) is 19.8 Å². The molecule has 2 aliphatic rings. The van der Waals surface area contributed by atoms with Crippen LogP contribution in [0.2, 0.25) is 0 Å². The number of nitrogens with one attached hydrogen (secondary N) is 1. The Morgan fingerprint density at radius 2 is 1.96 bits per heavy atom. The van der Waals surface area contributed by atoms with Crippen molar-refractivity contribution in [2.45, 2.75) is 38.9 Å². The van der Waals surface area contributed by atoms with E-state index in [1.165, 1.54) is 11.1 Å². The molecule has 0 unspecified atom stereocenters. The monoisotopic (exact) mass is 318 g/mol. The summed E-state index contributed by atoms with van der Waals surface area (Å²) >= 11 is 0. The minimum atomic E-state index is -0.421. The van der Waals surface area contributed by atoms with Crippen LogP contribution in [-0.4, -0.2) is 49.4 Å². The number of aryl methyl sites for hydroxylation is 2. The van der Waals surface area contributed by atoms with Crippen LogP contribution in [0.3, 0.4) is 0 Å². The molecule has 2 saturated heterocycles. The SMILES string of the molecule is CCc1cccc(C)c1NCC(=O)N1CCC2(CC1)OCCO2. The molecule has 0 aromatic heterocycles. The average Bonchev–Trinajstić information content (AvgIpc) is 3.02. The lowest BCUT2D eigenvalue weighted by molar-refractivity contribution is -0.187. The summed E-state index contributed by atoms with van der Waals surface area (Å²) < 4.78 is 11.4. The number of amides is 1. The minimum Gasteiger partial charge on any atom is -0.376 e. The molecule has 0 saturated carbocycles. The lowest BCUT2D eigenvalue weighted by atomic mass is 10.0. The maximum absolute atomic E-state index is 12.5. The summed E-state index contributed by atoms with van der Waals surface area (Å²) in [7, 11) is 0. The lowest BCUT2D eigenvalue weighted by Crippen LogP contribution is -2.48. The van der Waals surface area contributed by atoms with Crippen LogP contribution in [0.25, 0.3) is 0 Å². The Hall–Kier alpha value is -1.59. The van der Waals surface area contributed by atoms with Gasteiger partial charge in [0.25, 0.3) is 0 Å². The van der Waals surface area contributed by atoms with Gasteiger partial charge in [-0.1, -0.05) is 25.1 Å². The second kappa shape index (κ2) is 6.89. The molecule has 0 radical (unpaired) electrons. The van der Waals surface area contributed by atoms with Gasteiger partial charge in [-0.3, -0.25) is 4.79 Å². The fraction of sp³-hybridized carbons (Fsp3) is 0.611. The number of piperidine rings is 1. The van der Waals surface area contributed by atoms with Crippen molar-refractivity contribution in [2.75, 3.05) is 38.2 Å². The zero-order valence-corrected chi connectivity index (χ0v) is 14.1. The molecule has 1 N–H and O–H groups in total. The molecule has 2 aliphatic heterocycles. The predicted octanol–water partition coefficient (Wildman–Crippen LogP) is 2.33. The second-order valence-electron chi connectivity index (χ2n) is 6.30. The number of carbonyl (C=O) groups is 1. The van der Waals surface area contributed by atoms with Gasteiger partial charge in [-0.2, -0.15) is 0 Å². The Kier molecular flexibility index (Phi) is 4.87. The van der Waals surface area contributed by atoms with Crippen LogP contribution in [0, 0.1) is 6.92 Å². The van der Waals surface area contributed by atoms with Crippen molar-refractivity contribution < 1.29 is 14.3 Å². The van der Waals surface area contributed by atoms with Crippen LogP contribution in [0.1, 0.15) is 30.9 Å². The predicted molar refractivity (Wildman–Crippen MR) is 89.5 cm³/mol. The van der Waals surface area contributed by atoms with Gasteiger partial charge < -0.3 is 19.7 Å². The van der Waals surface area contributed by atoms with Crippen molar-refractivity contribution in [3.8, 4) is 0 Å². The van der Waals surface area contributed by atoms with Crippen LogP contribution in [0.5, 0.6) is 0 Å². The third kappa shape index (κ3) is 3.51. The highest BCUT2D eigenvalue weighted by Gasteiger charge is 2.40. The van der Waals surface area contributed by atoms with Crippen LogP contribution < -0.4 is 5.32 Å². The third-order valence-electron chi connectivity index (χ3n) is 4.85. The van der Waals surface area contributed by atoms with Crippen LogP contribution in [0.4, 0.5) is 5.69 Å². The molecule has 126 valence electrons. The first-order valence-corrected chi connectivity index (χ1v) is 8.51.